The Morgan fingerprint density at radius 3 is 2.74 bits per heavy atom. The van der Waals surface area contributed by atoms with E-state index >= 15 is 0 Å². The van der Waals surface area contributed by atoms with Gasteiger partial charge in [-0.1, -0.05) is 5.16 Å². The highest BCUT2D eigenvalue weighted by Crippen LogP contribution is 2.39. The van der Waals surface area contributed by atoms with Crippen molar-refractivity contribution in [3.63, 3.8) is 0 Å². The van der Waals surface area contributed by atoms with E-state index in [4.69, 9.17) is 19.3 Å². The number of ether oxygens (including phenoxy) is 2. The Morgan fingerprint density at radius 2 is 2.07 bits per heavy atom. The van der Waals surface area contributed by atoms with Crippen LogP contribution in [0.1, 0.15) is 56.5 Å². The Kier molecular flexibility index (Phi) is 5.97. The third-order valence-corrected chi connectivity index (χ3v) is 4.54. The molecule has 7 nitrogen and oxygen atoms in total. The number of carbonyl (C=O) groups excluding carboxylic acids is 1. The molecular formula is C20H23N3O4. The summed E-state index contributed by atoms with van der Waals surface area (Å²) in [5.41, 5.74) is 0.873. The second kappa shape index (κ2) is 8.58. The highest BCUT2D eigenvalue weighted by Gasteiger charge is 2.34. The predicted molar refractivity (Wildman–Crippen MR) is 97.3 cm³/mol. The van der Waals surface area contributed by atoms with Crippen molar-refractivity contribution in [1.82, 2.24) is 10.5 Å². The van der Waals surface area contributed by atoms with Crippen LogP contribution in [0.4, 0.5) is 0 Å². The Morgan fingerprint density at radius 1 is 1.37 bits per heavy atom. The van der Waals surface area contributed by atoms with E-state index in [9.17, 15) is 4.79 Å². The van der Waals surface area contributed by atoms with Crippen molar-refractivity contribution >= 4 is 5.91 Å². The lowest BCUT2D eigenvalue weighted by atomic mass is 9.80. The number of hydrogen-bond donors (Lipinski definition) is 1. The van der Waals surface area contributed by atoms with Gasteiger partial charge in [0.25, 0.3) is 0 Å². The van der Waals surface area contributed by atoms with Gasteiger partial charge in [0.15, 0.2) is 5.76 Å². The first-order chi connectivity index (χ1) is 13.1. The average Bonchev–Trinajstić information content (AvgIpc) is 3.09. The zero-order chi connectivity index (χ0) is 19.2. The smallest absolute Gasteiger partial charge is 0.234 e. The standard InChI is InChI=1S/C20H23N3O4/c1-3-25-15-4-6-16(7-5-15)26-17-10-14(11-17)18-12-19(27-23-18)13(2)22-20(24)8-9-21/h4-7,12-14,17H,3,8,10-11H2,1-2H3,(H,22,24)/t13-,14?,17?/m0/s1. The molecule has 0 spiro atoms. The summed E-state index contributed by atoms with van der Waals surface area (Å²) in [5.74, 6) is 2.22. The lowest BCUT2D eigenvalue weighted by Crippen LogP contribution is -2.32. The second-order valence-corrected chi connectivity index (χ2v) is 6.59. The lowest BCUT2D eigenvalue weighted by molar-refractivity contribution is -0.120. The third-order valence-electron chi connectivity index (χ3n) is 4.54. The van der Waals surface area contributed by atoms with E-state index in [1.54, 1.807) is 6.92 Å². The Bertz CT molecular complexity index is 803. The summed E-state index contributed by atoms with van der Waals surface area (Å²) in [4.78, 5) is 11.5. The van der Waals surface area contributed by atoms with Crippen molar-refractivity contribution in [3.05, 3.63) is 41.8 Å². The summed E-state index contributed by atoms with van der Waals surface area (Å²) < 4.78 is 16.7. The molecule has 142 valence electrons. The van der Waals surface area contributed by atoms with E-state index in [1.807, 2.05) is 43.3 Å². The van der Waals surface area contributed by atoms with E-state index in [0.717, 1.165) is 30.0 Å². The van der Waals surface area contributed by atoms with Crippen molar-refractivity contribution in [1.29, 1.82) is 5.26 Å². The molecule has 0 saturated heterocycles. The summed E-state index contributed by atoms with van der Waals surface area (Å²) in [6.07, 6.45) is 1.72. The molecule has 1 aliphatic carbocycles. The molecule has 3 rings (SSSR count). The van der Waals surface area contributed by atoms with Gasteiger partial charge in [-0.3, -0.25) is 4.79 Å². The van der Waals surface area contributed by atoms with Gasteiger partial charge in [0.05, 0.1) is 30.5 Å². The van der Waals surface area contributed by atoms with Gasteiger partial charge in [0.1, 0.15) is 17.9 Å². The summed E-state index contributed by atoms with van der Waals surface area (Å²) in [5, 5.41) is 15.4. The number of hydrogen-bond acceptors (Lipinski definition) is 6. The molecule has 1 saturated carbocycles. The van der Waals surface area contributed by atoms with Crippen LogP contribution >= 0.6 is 0 Å². The lowest BCUT2D eigenvalue weighted by Gasteiger charge is -2.34. The minimum Gasteiger partial charge on any atom is -0.494 e. The van der Waals surface area contributed by atoms with Crippen LogP contribution in [0.3, 0.4) is 0 Å². The van der Waals surface area contributed by atoms with Crippen LogP contribution in [0.25, 0.3) is 0 Å². The van der Waals surface area contributed by atoms with Gasteiger partial charge in [0.2, 0.25) is 5.91 Å². The van der Waals surface area contributed by atoms with Crippen LogP contribution in [0, 0.1) is 11.3 Å². The minimum absolute atomic E-state index is 0.154. The quantitative estimate of drug-likeness (QED) is 0.765. The largest absolute Gasteiger partial charge is 0.494 e. The molecule has 1 aliphatic rings. The SMILES string of the molecule is CCOc1ccc(OC2CC(c3cc([C@H](C)NC(=O)CC#N)on3)C2)cc1. The number of amides is 1. The molecule has 1 heterocycles. The molecular weight excluding hydrogens is 346 g/mol. The number of nitrogens with one attached hydrogen (secondary N) is 1. The first-order valence-electron chi connectivity index (χ1n) is 9.11. The van der Waals surface area contributed by atoms with Crippen LogP contribution in [0.2, 0.25) is 0 Å². The molecule has 1 N–H and O–H groups in total. The van der Waals surface area contributed by atoms with Crippen molar-refractivity contribution in [2.24, 2.45) is 0 Å². The van der Waals surface area contributed by atoms with E-state index in [1.165, 1.54) is 0 Å². The highest BCUT2D eigenvalue weighted by atomic mass is 16.5. The monoisotopic (exact) mass is 369 g/mol. The maximum absolute atomic E-state index is 11.5. The maximum atomic E-state index is 11.5. The van der Waals surface area contributed by atoms with E-state index in [-0.39, 0.29) is 30.4 Å². The van der Waals surface area contributed by atoms with Gasteiger partial charge in [-0.25, -0.2) is 0 Å². The highest BCUT2D eigenvalue weighted by molar-refractivity contribution is 5.78. The predicted octanol–water partition coefficient (Wildman–Crippen LogP) is 3.49. The number of nitrogens with zero attached hydrogens (tertiary/aromatic N) is 2. The molecule has 1 fully saturated rings. The second-order valence-electron chi connectivity index (χ2n) is 6.59. The Balaban J connectivity index is 1.47. The first kappa shape index (κ1) is 18.8. The fourth-order valence-electron chi connectivity index (χ4n) is 3.01. The van der Waals surface area contributed by atoms with Gasteiger partial charge in [0, 0.05) is 12.0 Å². The number of nitriles is 1. The Hall–Kier alpha value is -3.01. The van der Waals surface area contributed by atoms with Gasteiger partial charge in [-0.2, -0.15) is 5.26 Å². The van der Waals surface area contributed by atoms with Gasteiger partial charge < -0.3 is 19.3 Å². The topological polar surface area (TPSA) is 97.4 Å². The summed E-state index contributed by atoms with van der Waals surface area (Å²) in [7, 11) is 0. The molecule has 0 bridgehead atoms. The molecule has 7 heteroatoms. The van der Waals surface area contributed by atoms with Crippen LogP contribution in [0.15, 0.2) is 34.9 Å². The van der Waals surface area contributed by atoms with Gasteiger partial charge in [-0.15, -0.1) is 0 Å². The van der Waals surface area contributed by atoms with E-state index < -0.39 is 0 Å². The maximum Gasteiger partial charge on any atom is 0.234 e. The van der Waals surface area contributed by atoms with Crippen LogP contribution in [-0.4, -0.2) is 23.8 Å². The minimum atomic E-state index is -0.324. The van der Waals surface area contributed by atoms with Crippen molar-refractivity contribution in [2.45, 2.75) is 51.2 Å². The Labute approximate surface area is 158 Å². The molecule has 1 aromatic carbocycles. The zero-order valence-electron chi connectivity index (χ0n) is 15.5. The third kappa shape index (κ3) is 4.79. The summed E-state index contributed by atoms with van der Waals surface area (Å²) in [6.45, 7) is 4.40. The zero-order valence-corrected chi connectivity index (χ0v) is 15.5. The molecule has 1 amide bonds. The normalized spacial score (nSPS) is 19.4. The van der Waals surface area contributed by atoms with Gasteiger partial charge >= 0.3 is 0 Å². The molecule has 2 aromatic rings. The molecule has 27 heavy (non-hydrogen) atoms. The van der Waals surface area contributed by atoms with E-state index in [2.05, 4.69) is 10.5 Å². The average molecular weight is 369 g/mol. The van der Waals surface area contributed by atoms with Crippen LogP contribution in [-0.2, 0) is 4.79 Å². The number of rotatable bonds is 8. The van der Waals surface area contributed by atoms with Crippen LogP contribution < -0.4 is 14.8 Å². The molecule has 0 aliphatic heterocycles. The van der Waals surface area contributed by atoms with Gasteiger partial charge in [-0.05, 0) is 51.0 Å². The van der Waals surface area contributed by atoms with Crippen molar-refractivity contribution in [3.8, 4) is 17.6 Å². The first-order valence-corrected chi connectivity index (χ1v) is 9.11. The molecule has 0 radical (unpaired) electrons. The molecule has 1 atom stereocenters. The summed E-state index contributed by atoms with van der Waals surface area (Å²) in [6, 6.07) is 11.0. The van der Waals surface area contributed by atoms with Crippen molar-refractivity contribution < 1.29 is 18.8 Å². The number of benzene rings is 1. The fourth-order valence-corrected chi connectivity index (χ4v) is 3.01. The van der Waals surface area contributed by atoms with Crippen LogP contribution in [0.5, 0.6) is 11.5 Å². The molecule has 1 aromatic heterocycles. The van der Waals surface area contributed by atoms with E-state index in [0.29, 0.717) is 12.4 Å². The fraction of sp³-hybridized carbons (Fsp3) is 0.450. The number of carbonyl (C=O) groups is 1. The summed E-state index contributed by atoms with van der Waals surface area (Å²) >= 11 is 0. The van der Waals surface area contributed by atoms with Crippen molar-refractivity contribution in [2.75, 3.05) is 6.61 Å². The molecule has 0 unspecified atom stereocenters. The number of aromatic nitrogens is 1.